The fourth-order valence-corrected chi connectivity index (χ4v) is 3.40. The number of ether oxygens (including phenoxy) is 1. The summed E-state index contributed by atoms with van der Waals surface area (Å²) in [4.78, 5) is 16.8. The Morgan fingerprint density at radius 3 is 2.57 bits per heavy atom. The quantitative estimate of drug-likeness (QED) is 0.899. The Kier molecular flexibility index (Phi) is 5.48. The van der Waals surface area contributed by atoms with Gasteiger partial charge in [-0.3, -0.25) is 9.69 Å². The number of hydrogen-bond donors (Lipinski definition) is 1. The van der Waals surface area contributed by atoms with E-state index in [2.05, 4.69) is 5.32 Å². The van der Waals surface area contributed by atoms with E-state index in [0.717, 1.165) is 13.1 Å². The lowest BCUT2D eigenvalue weighted by atomic mass is 10.0. The minimum atomic E-state index is -0.677. The van der Waals surface area contributed by atoms with Crippen LogP contribution in [0.2, 0.25) is 5.02 Å². The van der Waals surface area contributed by atoms with Crippen LogP contribution in [-0.2, 0) is 9.53 Å². The van der Waals surface area contributed by atoms with Gasteiger partial charge < -0.3 is 15.0 Å². The normalized spacial score (nSPS) is 21.2. The molecule has 0 bridgehead atoms. The molecule has 3 rings (SSSR count). The SMILES string of the molecule is O=C(C(c1c(F)cccc1Cl)N1CCNCC1)N1CCOCC1. The first-order valence-electron chi connectivity index (χ1n) is 7.93. The van der Waals surface area contributed by atoms with Crippen LogP contribution in [0.25, 0.3) is 0 Å². The first-order chi connectivity index (χ1) is 11.2. The van der Waals surface area contributed by atoms with E-state index in [9.17, 15) is 9.18 Å². The number of amides is 1. The smallest absolute Gasteiger partial charge is 0.244 e. The minimum Gasteiger partial charge on any atom is -0.378 e. The average Bonchev–Trinajstić information content (AvgIpc) is 2.59. The number of carbonyl (C=O) groups excluding carboxylic acids is 1. The predicted octanol–water partition coefficient (Wildman–Crippen LogP) is 1.28. The fraction of sp³-hybridized carbons (Fsp3) is 0.562. The van der Waals surface area contributed by atoms with Crippen LogP contribution in [0.4, 0.5) is 4.39 Å². The Morgan fingerprint density at radius 2 is 1.91 bits per heavy atom. The van der Waals surface area contributed by atoms with E-state index in [-0.39, 0.29) is 11.5 Å². The summed E-state index contributed by atoms with van der Waals surface area (Å²) in [6.07, 6.45) is 0. The number of piperazine rings is 1. The van der Waals surface area contributed by atoms with E-state index in [1.807, 2.05) is 4.90 Å². The van der Waals surface area contributed by atoms with Gasteiger partial charge in [0.2, 0.25) is 5.91 Å². The van der Waals surface area contributed by atoms with Crippen molar-refractivity contribution in [3.05, 3.63) is 34.6 Å². The molecule has 2 aliphatic heterocycles. The maximum atomic E-state index is 14.5. The number of carbonyl (C=O) groups is 1. The zero-order valence-electron chi connectivity index (χ0n) is 12.9. The molecule has 126 valence electrons. The number of nitrogens with zero attached hydrogens (tertiary/aromatic N) is 2. The molecule has 2 fully saturated rings. The topological polar surface area (TPSA) is 44.8 Å². The van der Waals surface area contributed by atoms with Crippen molar-refractivity contribution in [1.82, 2.24) is 15.1 Å². The summed E-state index contributed by atoms with van der Waals surface area (Å²) in [6.45, 7) is 5.03. The molecule has 1 aromatic rings. The molecule has 0 saturated carbocycles. The van der Waals surface area contributed by atoms with Crippen molar-refractivity contribution in [2.24, 2.45) is 0 Å². The number of morpholine rings is 1. The molecule has 2 aliphatic rings. The van der Waals surface area contributed by atoms with Crippen LogP contribution in [0.3, 0.4) is 0 Å². The second-order valence-electron chi connectivity index (χ2n) is 5.76. The van der Waals surface area contributed by atoms with Crippen LogP contribution < -0.4 is 5.32 Å². The van der Waals surface area contributed by atoms with Crippen LogP contribution in [0, 0.1) is 5.82 Å². The Labute approximate surface area is 140 Å². The van der Waals surface area contributed by atoms with Gasteiger partial charge in [0.25, 0.3) is 0 Å². The van der Waals surface area contributed by atoms with E-state index in [4.69, 9.17) is 16.3 Å². The van der Waals surface area contributed by atoms with Crippen LogP contribution >= 0.6 is 11.6 Å². The Hall–Kier alpha value is -1.21. The van der Waals surface area contributed by atoms with Crippen molar-refractivity contribution in [3.8, 4) is 0 Å². The molecule has 0 radical (unpaired) electrons. The third-order valence-electron chi connectivity index (χ3n) is 4.35. The molecular formula is C16H21ClFN3O2. The van der Waals surface area contributed by atoms with Crippen LogP contribution in [-0.4, -0.2) is 68.2 Å². The van der Waals surface area contributed by atoms with Crippen LogP contribution in [0.5, 0.6) is 0 Å². The number of hydrogen-bond acceptors (Lipinski definition) is 4. The minimum absolute atomic E-state index is 0.0952. The first-order valence-corrected chi connectivity index (χ1v) is 8.31. The fourth-order valence-electron chi connectivity index (χ4n) is 3.13. The van der Waals surface area contributed by atoms with Gasteiger partial charge in [0.15, 0.2) is 0 Å². The number of nitrogens with one attached hydrogen (secondary N) is 1. The van der Waals surface area contributed by atoms with Crippen molar-refractivity contribution < 1.29 is 13.9 Å². The standard InChI is InChI=1S/C16H21ClFN3O2/c17-12-2-1-3-13(18)14(12)15(20-6-4-19-5-7-20)16(22)21-8-10-23-11-9-21/h1-3,15,19H,4-11H2. The molecule has 7 heteroatoms. The van der Waals surface area contributed by atoms with E-state index in [1.54, 1.807) is 17.0 Å². The van der Waals surface area contributed by atoms with Gasteiger partial charge in [-0.25, -0.2) is 4.39 Å². The van der Waals surface area contributed by atoms with E-state index in [0.29, 0.717) is 44.4 Å². The third kappa shape index (κ3) is 3.66. The van der Waals surface area contributed by atoms with Crippen LogP contribution in [0.1, 0.15) is 11.6 Å². The Morgan fingerprint density at radius 1 is 1.22 bits per heavy atom. The van der Waals surface area contributed by atoms with Crippen molar-refractivity contribution in [2.75, 3.05) is 52.5 Å². The Balaban J connectivity index is 1.94. The first kappa shape index (κ1) is 16.6. The van der Waals surface area contributed by atoms with Gasteiger partial charge in [-0.05, 0) is 12.1 Å². The summed E-state index contributed by atoms with van der Waals surface area (Å²) in [5.41, 5.74) is 0.285. The van der Waals surface area contributed by atoms with Crippen molar-refractivity contribution in [1.29, 1.82) is 0 Å². The highest BCUT2D eigenvalue weighted by molar-refractivity contribution is 6.31. The molecule has 0 aliphatic carbocycles. The number of benzene rings is 1. The van der Waals surface area contributed by atoms with Crippen molar-refractivity contribution >= 4 is 17.5 Å². The van der Waals surface area contributed by atoms with E-state index in [1.165, 1.54) is 6.07 Å². The molecule has 2 saturated heterocycles. The Bertz CT molecular complexity index is 540. The molecule has 1 amide bonds. The second kappa shape index (κ2) is 7.57. The zero-order valence-corrected chi connectivity index (χ0v) is 13.7. The van der Waals surface area contributed by atoms with Gasteiger partial charge >= 0.3 is 0 Å². The largest absolute Gasteiger partial charge is 0.378 e. The lowest BCUT2D eigenvalue weighted by Crippen LogP contribution is -2.52. The van der Waals surface area contributed by atoms with E-state index >= 15 is 0 Å². The maximum absolute atomic E-state index is 14.5. The molecule has 23 heavy (non-hydrogen) atoms. The maximum Gasteiger partial charge on any atom is 0.244 e. The third-order valence-corrected chi connectivity index (χ3v) is 4.68. The molecule has 0 spiro atoms. The van der Waals surface area contributed by atoms with E-state index < -0.39 is 11.9 Å². The van der Waals surface area contributed by atoms with Gasteiger partial charge in [0.1, 0.15) is 11.9 Å². The zero-order chi connectivity index (χ0) is 16.2. The average molecular weight is 342 g/mol. The monoisotopic (exact) mass is 341 g/mol. The predicted molar refractivity (Wildman–Crippen MR) is 86.0 cm³/mol. The van der Waals surface area contributed by atoms with Gasteiger partial charge in [-0.1, -0.05) is 17.7 Å². The van der Waals surface area contributed by atoms with Gasteiger partial charge in [-0.2, -0.15) is 0 Å². The highest BCUT2D eigenvalue weighted by Crippen LogP contribution is 2.32. The molecule has 1 N–H and O–H groups in total. The number of rotatable bonds is 3. The summed E-state index contributed by atoms with van der Waals surface area (Å²) in [6, 6.07) is 3.89. The lowest BCUT2D eigenvalue weighted by Gasteiger charge is -2.38. The highest BCUT2D eigenvalue weighted by atomic mass is 35.5. The van der Waals surface area contributed by atoms with Crippen LogP contribution in [0.15, 0.2) is 18.2 Å². The molecule has 5 nitrogen and oxygen atoms in total. The van der Waals surface area contributed by atoms with Crippen molar-refractivity contribution in [3.63, 3.8) is 0 Å². The molecule has 1 unspecified atom stereocenters. The number of halogens is 2. The molecule has 1 atom stereocenters. The molecular weight excluding hydrogens is 321 g/mol. The van der Waals surface area contributed by atoms with Crippen molar-refractivity contribution in [2.45, 2.75) is 6.04 Å². The summed E-state index contributed by atoms with van der Waals surface area (Å²) in [7, 11) is 0. The highest BCUT2D eigenvalue weighted by Gasteiger charge is 2.35. The summed E-state index contributed by atoms with van der Waals surface area (Å²) >= 11 is 6.25. The van der Waals surface area contributed by atoms with Gasteiger partial charge in [-0.15, -0.1) is 0 Å². The summed E-state index contributed by atoms with van der Waals surface area (Å²) in [5.74, 6) is -0.523. The molecule has 0 aromatic heterocycles. The molecule has 2 heterocycles. The molecule has 1 aromatic carbocycles. The second-order valence-corrected chi connectivity index (χ2v) is 6.17. The van der Waals surface area contributed by atoms with Gasteiger partial charge in [0, 0.05) is 49.9 Å². The summed E-state index contributed by atoms with van der Waals surface area (Å²) < 4.78 is 19.8. The summed E-state index contributed by atoms with van der Waals surface area (Å²) in [5, 5.41) is 3.56. The van der Waals surface area contributed by atoms with Gasteiger partial charge in [0.05, 0.1) is 13.2 Å². The lowest BCUT2D eigenvalue weighted by molar-refractivity contribution is -0.141.